The molecule has 0 saturated carbocycles. The number of nitrogens with one attached hydrogen (secondary N) is 1. The molecule has 0 spiro atoms. The second-order valence-electron chi connectivity index (χ2n) is 6.13. The topological polar surface area (TPSA) is 105 Å². The highest BCUT2D eigenvalue weighted by molar-refractivity contribution is 7.80. The Labute approximate surface area is 168 Å². The molecule has 8 heteroatoms. The molecule has 2 aromatic carbocycles. The highest BCUT2D eigenvalue weighted by Crippen LogP contribution is 2.27. The van der Waals surface area contributed by atoms with Crippen molar-refractivity contribution < 1.29 is 14.4 Å². The Morgan fingerprint density at radius 2 is 1.89 bits per heavy atom. The van der Waals surface area contributed by atoms with Crippen molar-refractivity contribution in [1.82, 2.24) is 5.32 Å². The van der Waals surface area contributed by atoms with Crippen LogP contribution < -0.4 is 16.0 Å². The molecule has 0 aliphatic carbocycles. The van der Waals surface area contributed by atoms with Crippen LogP contribution in [0.4, 0.5) is 5.69 Å². The number of aliphatic imine (C=N–C) groups is 1. The fraction of sp³-hybridized carbons (Fsp3) is 0.200. The second kappa shape index (κ2) is 8.81. The normalized spacial score (nSPS) is 17.2. The van der Waals surface area contributed by atoms with Crippen molar-refractivity contribution >= 4 is 42.1 Å². The molecule has 2 atom stereocenters. The highest BCUT2D eigenvalue weighted by Gasteiger charge is 2.33. The Morgan fingerprint density at radius 3 is 2.57 bits per heavy atom. The van der Waals surface area contributed by atoms with Gasteiger partial charge in [-0.05, 0) is 6.07 Å². The first kappa shape index (κ1) is 19.8. The van der Waals surface area contributed by atoms with E-state index in [1.807, 2.05) is 42.5 Å². The zero-order chi connectivity index (χ0) is 20.1. The number of nitrogens with zero attached hydrogens (tertiary/aromatic N) is 2. The van der Waals surface area contributed by atoms with E-state index >= 15 is 0 Å². The number of fused-ring (bicyclic) bond motifs is 1. The van der Waals surface area contributed by atoms with Crippen LogP contribution >= 0.6 is 12.6 Å². The summed E-state index contributed by atoms with van der Waals surface area (Å²) in [5.41, 5.74) is 8.22. The zero-order valence-corrected chi connectivity index (χ0v) is 15.8. The predicted octanol–water partition coefficient (Wildman–Crippen LogP) is 0.680. The minimum absolute atomic E-state index is 0.119. The van der Waals surface area contributed by atoms with Crippen molar-refractivity contribution in [3.8, 4) is 0 Å². The number of para-hydroxylation sites is 1. The van der Waals surface area contributed by atoms with Gasteiger partial charge in [-0.3, -0.25) is 14.4 Å². The number of benzodiazepines with no additional fused rings is 1. The van der Waals surface area contributed by atoms with Crippen LogP contribution in [-0.2, 0) is 14.4 Å². The smallest absolute Gasteiger partial charge is 0.272 e. The van der Waals surface area contributed by atoms with Crippen LogP contribution in [0.25, 0.3) is 0 Å². The predicted molar refractivity (Wildman–Crippen MR) is 110 cm³/mol. The quantitative estimate of drug-likeness (QED) is 0.626. The number of benzene rings is 2. The molecule has 3 rings (SSSR count). The van der Waals surface area contributed by atoms with Gasteiger partial charge in [-0.1, -0.05) is 48.5 Å². The lowest BCUT2D eigenvalue weighted by atomic mass is 10.0. The molecule has 0 aromatic heterocycles. The van der Waals surface area contributed by atoms with E-state index in [-0.39, 0.29) is 12.3 Å². The third-order valence-electron chi connectivity index (χ3n) is 4.29. The van der Waals surface area contributed by atoms with Gasteiger partial charge in [0.05, 0.1) is 24.0 Å². The highest BCUT2D eigenvalue weighted by atomic mass is 32.1. The molecular formula is C20H19N4O3S. The summed E-state index contributed by atoms with van der Waals surface area (Å²) in [4.78, 5) is 42.3. The minimum atomic E-state index is -1.23. The summed E-state index contributed by atoms with van der Waals surface area (Å²) in [5, 5.41) is 2.56. The minimum Gasteiger partial charge on any atom is -0.325 e. The number of rotatable bonds is 6. The van der Waals surface area contributed by atoms with Crippen molar-refractivity contribution in [3.05, 3.63) is 65.7 Å². The van der Waals surface area contributed by atoms with Gasteiger partial charge in [-0.15, -0.1) is 0 Å². The molecule has 7 nitrogen and oxygen atoms in total. The lowest BCUT2D eigenvalue weighted by Crippen LogP contribution is -2.52. The number of amides is 2. The molecule has 1 aliphatic rings. The van der Waals surface area contributed by atoms with Gasteiger partial charge in [0.1, 0.15) is 0 Å². The molecule has 1 radical (unpaired) electrons. The molecule has 2 amide bonds. The van der Waals surface area contributed by atoms with E-state index < -0.39 is 24.0 Å². The maximum Gasteiger partial charge on any atom is 0.272 e. The summed E-state index contributed by atoms with van der Waals surface area (Å²) >= 11 is 4.01. The molecule has 143 valence electrons. The number of thiol groups is 1. The molecular weight excluding hydrogens is 376 g/mol. The summed E-state index contributed by atoms with van der Waals surface area (Å²) in [6, 6.07) is 15.5. The van der Waals surface area contributed by atoms with Gasteiger partial charge >= 0.3 is 0 Å². The fourth-order valence-electron chi connectivity index (χ4n) is 2.90. The summed E-state index contributed by atoms with van der Waals surface area (Å²) in [6.07, 6.45) is 0.526. The van der Waals surface area contributed by atoms with Crippen LogP contribution in [0.2, 0.25) is 0 Å². The molecule has 1 aliphatic heterocycles. The third-order valence-corrected chi connectivity index (χ3v) is 4.68. The third kappa shape index (κ3) is 3.97. The van der Waals surface area contributed by atoms with Crippen molar-refractivity contribution in [2.75, 3.05) is 17.2 Å². The van der Waals surface area contributed by atoms with Gasteiger partial charge in [0.2, 0.25) is 18.4 Å². The van der Waals surface area contributed by atoms with E-state index in [4.69, 9.17) is 5.73 Å². The summed E-state index contributed by atoms with van der Waals surface area (Å²) in [5.74, 6) is -0.972. The standard InChI is InChI=1S/C20H19N4O3S/c21-15(12-28)19(26)23-18-20(27)24(10-11-25)16-9-5-4-8-14(16)17(22-18)13-6-2-1-3-7-13/h1-9,15,18,28H,10,12,21H2,(H,23,26). The average Bonchev–Trinajstić information content (AvgIpc) is 2.84. The number of hydrogen-bond donors (Lipinski definition) is 3. The Morgan fingerprint density at radius 1 is 1.21 bits per heavy atom. The number of carbonyl (C=O) groups is 2. The maximum absolute atomic E-state index is 13.1. The molecule has 28 heavy (non-hydrogen) atoms. The van der Waals surface area contributed by atoms with Gasteiger partial charge in [-0.2, -0.15) is 12.6 Å². The number of anilines is 1. The van der Waals surface area contributed by atoms with Gasteiger partial charge in [0.25, 0.3) is 5.91 Å². The van der Waals surface area contributed by atoms with Gasteiger partial charge in [0, 0.05) is 16.9 Å². The number of nitrogens with two attached hydrogens (primary N) is 1. The van der Waals surface area contributed by atoms with Crippen molar-refractivity contribution in [2.45, 2.75) is 12.2 Å². The molecule has 0 fully saturated rings. The van der Waals surface area contributed by atoms with Crippen LogP contribution in [-0.4, -0.2) is 48.3 Å². The molecule has 2 unspecified atom stereocenters. The van der Waals surface area contributed by atoms with Crippen molar-refractivity contribution in [1.29, 1.82) is 0 Å². The van der Waals surface area contributed by atoms with Gasteiger partial charge < -0.3 is 16.0 Å². The molecule has 0 saturated heterocycles. The van der Waals surface area contributed by atoms with E-state index in [1.165, 1.54) is 4.90 Å². The van der Waals surface area contributed by atoms with Gasteiger partial charge in [0.15, 0.2) is 0 Å². The first-order chi connectivity index (χ1) is 13.6. The largest absolute Gasteiger partial charge is 0.325 e. The zero-order valence-electron chi connectivity index (χ0n) is 14.9. The van der Waals surface area contributed by atoms with E-state index in [9.17, 15) is 14.4 Å². The lowest BCUT2D eigenvalue weighted by Gasteiger charge is -2.23. The van der Waals surface area contributed by atoms with E-state index in [1.54, 1.807) is 18.4 Å². The van der Waals surface area contributed by atoms with E-state index in [0.717, 1.165) is 5.56 Å². The first-order valence-corrected chi connectivity index (χ1v) is 9.26. The molecule has 3 N–H and O–H groups in total. The van der Waals surface area contributed by atoms with Crippen LogP contribution in [0.5, 0.6) is 0 Å². The molecule has 2 aromatic rings. The van der Waals surface area contributed by atoms with E-state index in [0.29, 0.717) is 17.0 Å². The first-order valence-electron chi connectivity index (χ1n) is 8.62. The van der Waals surface area contributed by atoms with Crippen LogP contribution in [0, 0.1) is 0 Å². The Kier molecular flexibility index (Phi) is 6.23. The monoisotopic (exact) mass is 395 g/mol. The Hall–Kier alpha value is -2.97. The second-order valence-corrected chi connectivity index (χ2v) is 6.49. The molecule has 1 heterocycles. The summed E-state index contributed by atoms with van der Waals surface area (Å²) in [6.45, 7) is -0.279. The average molecular weight is 395 g/mol. The summed E-state index contributed by atoms with van der Waals surface area (Å²) in [7, 11) is 0. The van der Waals surface area contributed by atoms with E-state index in [2.05, 4.69) is 22.9 Å². The van der Waals surface area contributed by atoms with Crippen molar-refractivity contribution in [3.63, 3.8) is 0 Å². The maximum atomic E-state index is 13.1. The fourth-order valence-corrected chi connectivity index (χ4v) is 3.07. The van der Waals surface area contributed by atoms with Crippen LogP contribution in [0.15, 0.2) is 59.6 Å². The Bertz CT molecular complexity index is 917. The lowest BCUT2D eigenvalue weighted by molar-refractivity contribution is -0.127. The number of carbonyl (C=O) groups excluding carboxylic acids is 3. The number of hydrogen-bond acceptors (Lipinski definition) is 6. The SMILES string of the molecule is NC(CS)C(=O)NC1N=C(c2ccccc2)c2ccccc2N(C[C]=O)C1=O. The van der Waals surface area contributed by atoms with Gasteiger partial charge in [-0.25, -0.2) is 4.99 Å². The van der Waals surface area contributed by atoms with Crippen molar-refractivity contribution in [2.24, 2.45) is 10.7 Å². The Balaban J connectivity index is 2.14. The molecule has 0 bridgehead atoms. The summed E-state index contributed by atoms with van der Waals surface area (Å²) < 4.78 is 0. The van der Waals surface area contributed by atoms with Crippen LogP contribution in [0.3, 0.4) is 0 Å². The van der Waals surface area contributed by atoms with Crippen LogP contribution in [0.1, 0.15) is 11.1 Å².